The second kappa shape index (κ2) is 11.5. The Morgan fingerprint density at radius 1 is 1.12 bits per heavy atom. The molecule has 2 aromatic rings. The predicted molar refractivity (Wildman–Crippen MR) is 128 cm³/mol. The number of likely N-dealkylation sites (tertiary alicyclic amines) is 1. The van der Waals surface area contributed by atoms with Gasteiger partial charge in [0.2, 0.25) is 5.91 Å². The first kappa shape index (κ1) is 22.8. The number of piperidine rings is 1. The summed E-state index contributed by atoms with van der Waals surface area (Å²) in [6, 6.07) is 12.9. The van der Waals surface area contributed by atoms with E-state index in [0.29, 0.717) is 12.5 Å². The van der Waals surface area contributed by atoms with Gasteiger partial charge in [-0.25, -0.2) is 0 Å². The highest BCUT2D eigenvalue weighted by Crippen LogP contribution is 2.33. The van der Waals surface area contributed by atoms with Crippen LogP contribution >= 0.6 is 0 Å². The second-order valence-corrected chi connectivity index (χ2v) is 9.42. The number of amides is 1. The molecule has 1 aromatic carbocycles. The summed E-state index contributed by atoms with van der Waals surface area (Å²) in [5.74, 6) is 2.09. The van der Waals surface area contributed by atoms with E-state index in [4.69, 9.17) is 4.74 Å². The Morgan fingerprint density at radius 3 is 2.72 bits per heavy atom. The summed E-state index contributed by atoms with van der Waals surface area (Å²) in [6.07, 6.45) is 11.5. The van der Waals surface area contributed by atoms with Crippen molar-refractivity contribution in [3.63, 3.8) is 0 Å². The molecule has 0 spiro atoms. The largest absolute Gasteiger partial charge is 0.496 e. The first-order valence-electron chi connectivity index (χ1n) is 12.3. The number of nitrogens with zero attached hydrogens (tertiary/aromatic N) is 2. The maximum Gasteiger partial charge on any atom is 0.220 e. The molecule has 0 atom stereocenters. The number of rotatable bonds is 11. The molecule has 1 N–H and O–H groups in total. The monoisotopic (exact) mass is 435 g/mol. The predicted octanol–water partition coefficient (Wildman–Crippen LogP) is 4.54. The molecule has 1 aliphatic carbocycles. The number of pyridine rings is 1. The number of carbonyl (C=O) groups is 1. The number of carbonyl (C=O) groups excluding carboxylic acids is 1. The number of hydrogen-bond donors (Lipinski definition) is 1. The zero-order chi connectivity index (χ0) is 22.2. The van der Waals surface area contributed by atoms with Gasteiger partial charge in [0.15, 0.2) is 0 Å². The van der Waals surface area contributed by atoms with Crippen LogP contribution in [0.4, 0.5) is 0 Å². The van der Waals surface area contributed by atoms with Crippen molar-refractivity contribution in [1.29, 1.82) is 0 Å². The first-order chi connectivity index (χ1) is 15.7. The highest BCUT2D eigenvalue weighted by molar-refractivity contribution is 5.76. The van der Waals surface area contributed by atoms with Gasteiger partial charge in [-0.1, -0.05) is 31.0 Å². The molecule has 32 heavy (non-hydrogen) atoms. The van der Waals surface area contributed by atoms with Crippen molar-refractivity contribution >= 4 is 5.91 Å². The fraction of sp³-hybridized carbons (Fsp3) is 0.556. The Bertz CT molecular complexity index is 873. The van der Waals surface area contributed by atoms with E-state index in [1.54, 1.807) is 7.11 Å². The Morgan fingerprint density at radius 2 is 1.94 bits per heavy atom. The lowest BCUT2D eigenvalue weighted by molar-refractivity contribution is -0.122. The van der Waals surface area contributed by atoms with Crippen molar-refractivity contribution in [2.75, 3.05) is 20.2 Å². The topological polar surface area (TPSA) is 54.5 Å². The molecule has 0 unspecified atom stereocenters. The summed E-state index contributed by atoms with van der Waals surface area (Å²) in [6.45, 7) is 2.90. The number of aryl methyl sites for hydroxylation is 2. The van der Waals surface area contributed by atoms with Gasteiger partial charge < -0.3 is 10.1 Å². The van der Waals surface area contributed by atoms with E-state index < -0.39 is 0 Å². The Labute approximate surface area is 192 Å². The van der Waals surface area contributed by atoms with Crippen molar-refractivity contribution in [3.05, 3.63) is 59.4 Å². The number of aromatic nitrogens is 1. The van der Waals surface area contributed by atoms with E-state index in [2.05, 4.69) is 39.5 Å². The second-order valence-electron chi connectivity index (χ2n) is 9.42. The lowest BCUT2D eigenvalue weighted by Crippen LogP contribution is -2.44. The normalized spacial score (nSPS) is 17.3. The Hall–Kier alpha value is -2.40. The number of nitrogens with one attached hydrogen (secondary N) is 1. The molecule has 1 saturated carbocycles. The molecule has 1 aromatic heterocycles. The van der Waals surface area contributed by atoms with Gasteiger partial charge in [-0.05, 0) is 68.2 Å². The van der Waals surface area contributed by atoms with Crippen molar-refractivity contribution in [1.82, 2.24) is 15.2 Å². The summed E-state index contributed by atoms with van der Waals surface area (Å²) in [4.78, 5) is 19.4. The Balaban J connectivity index is 1.13. The highest BCUT2D eigenvalue weighted by atomic mass is 16.5. The molecule has 1 amide bonds. The van der Waals surface area contributed by atoms with Gasteiger partial charge in [-0.2, -0.15) is 0 Å². The fourth-order valence-electron chi connectivity index (χ4n) is 4.64. The first-order valence-corrected chi connectivity index (χ1v) is 12.3. The minimum Gasteiger partial charge on any atom is -0.496 e. The summed E-state index contributed by atoms with van der Waals surface area (Å²) < 4.78 is 5.47. The third-order valence-electron chi connectivity index (χ3n) is 6.80. The molecule has 0 radical (unpaired) electrons. The molecule has 5 heteroatoms. The van der Waals surface area contributed by atoms with Crippen LogP contribution in [-0.4, -0.2) is 42.0 Å². The standard InChI is InChI=1S/C27H37N3O2/c1-32-26-7-3-2-5-23(26)20-30-17-14-24(15-18-30)29-27(31)8-4-6-25-19-22(13-16-28-25)12-11-21-9-10-21/h2-3,5,7,13,16,19,21,24H,4,6,8-12,14-15,17-18,20H2,1H3,(H,29,31). The van der Waals surface area contributed by atoms with Crippen LogP contribution in [0.1, 0.15) is 61.8 Å². The van der Waals surface area contributed by atoms with Crippen LogP contribution in [0.2, 0.25) is 0 Å². The maximum absolute atomic E-state index is 12.4. The SMILES string of the molecule is COc1ccccc1CN1CCC(NC(=O)CCCc2cc(CCC3CC3)ccn2)CC1. The van der Waals surface area contributed by atoms with Crippen LogP contribution in [0.3, 0.4) is 0 Å². The van der Waals surface area contributed by atoms with Crippen LogP contribution in [0, 0.1) is 5.92 Å². The minimum absolute atomic E-state index is 0.179. The molecular weight excluding hydrogens is 398 g/mol. The number of methoxy groups -OCH3 is 1. The van der Waals surface area contributed by atoms with E-state index in [1.165, 1.54) is 30.4 Å². The summed E-state index contributed by atoms with van der Waals surface area (Å²) >= 11 is 0. The molecule has 0 bridgehead atoms. The molecule has 5 nitrogen and oxygen atoms in total. The van der Waals surface area contributed by atoms with Gasteiger partial charge in [0.25, 0.3) is 0 Å². The van der Waals surface area contributed by atoms with E-state index >= 15 is 0 Å². The summed E-state index contributed by atoms with van der Waals surface area (Å²) in [5.41, 5.74) is 3.74. The number of ether oxygens (including phenoxy) is 1. The molecule has 1 aliphatic heterocycles. The van der Waals surface area contributed by atoms with Crippen molar-refractivity contribution < 1.29 is 9.53 Å². The van der Waals surface area contributed by atoms with Gasteiger partial charge in [0.1, 0.15) is 5.75 Å². The molecule has 2 aliphatic rings. The number of hydrogen-bond acceptors (Lipinski definition) is 4. The maximum atomic E-state index is 12.4. The van der Waals surface area contributed by atoms with E-state index in [1.807, 2.05) is 18.3 Å². The molecule has 4 rings (SSSR count). The van der Waals surface area contributed by atoms with Crippen molar-refractivity contribution in [3.8, 4) is 5.75 Å². The molecule has 1 saturated heterocycles. The van der Waals surface area contributed by atoms with E-state index in [-0.39, 0.29) is 5.91 Å². The molecule has 172 valence electrons. The lowest BCUT2D eigenvalue weighted by Gasteiger charge is -2.32. The van der Waals surface area contributed by atoms with Gasteiger partial charge in [0, 0.05) is 49.6 Å². The smallest absolute Gasteiger partial charge is 0.220 e. The van der Waals surface area contributed by atoms with E-state index in [0.717, 1.165) is 69.1 Å². The quantitative estimate of drug-likeness (QED) is 0.563. The average molecular weight is 436 g/mol. The van der Waals surface area contributed by atoms with Gasteiger partial charge >= 0.3 is 0 Å². The van der Waals surface area contributed by atoms with Gasteiger partial charge in [0.05, 0.1) is 7.11 Å². The minimum atomic E-state index is 0.179. The summed E-state index contributed by atoms with van der Waals surface area (Å²) in [7, 11) is 1.72. The zero-order valence-electron chi connectivity index (χ0n) is 19.4. The summed E-state index contributed by atoms with van der Waals surface area (Å²) in [5, 5.41) is 3.25. The van der Waals surface area contributed by atoms with Crippen molar-refractivity contribution in [2.24, 2.45) is 5.92 Å². The van der Waals surface area contributed by atoms with Gasteiger partial charge in [-0.3, -0.25) is 14.7 Å². The van der Waals surface area contributed by atoms with Crippen LogP contribution in [0.5, 0.6) is 5.75 Å². The lowest BCUT2D eigenvalue weighted by atomic mass is 10.0. The average Bonchev–Trinajstić information content (AvgIpc) is 3.64. The Kier molecular flexibility index (Phi) is 8.16. The third kappa shape index (κ3) is 7.06. The van der Waals surface area contributed by atoms with E-state index in [9.17, 15) is 4.79 Å². The van der Waals surface area contributed by atoms with Gasteiger partial charge in [-0.15, -0.1) is 0 Å². The third-order valence-corrected chi connectivity index (χ3v) is 6.80. The molecule has 2 fully saturated rings. The number of para-hydroxylation sites is 1. The highest BCUT2D eigenvalue weighted by Gasteiger charge is 2.22. The van der Waals surface area contributed by atoms with Crippen LogP contribution in [0.25, 0.3) is 0 Å². The van der Waals surface area contributed by atoms with Crippen LogP contribution in [-0.2, 0) is 24.2 Å². The van der Waals surface area contributed by atoms with Crippen LogP contribution < -0.4 is 10.1 Å². The molecular formula is C27H37N3O2. The zero-order valence-corrected chi connectivity index (χ0v) is 19.4. The fourth-order valence-corrected chi connectivity index (χ4v) is 4.64. The van der Waals surface area contributed by atoms with Crippen LogP contribution in [0.15, 0.2) is 42.6 Å². The molecule has 2 heterocycles. The number of benzene rings is 1. The van der Waals surface area contributed by atoms with Crippen molar-refractivity contribution in [2.45, 2.75) is 70.4 Å².